The van der Waals surface area contributed by atoms with Crippen LogP contribution in [0.2, 0.25) is 0 Å². The monoisotopic (exact) mass is 484 g/mol. The molecule has 2 saturated heterocycles. The second-order valence-electron chi connectivity index (χ2n) is 8.72. The molecule has 180 valence electrons. The van der Waals surface area contributed by atoms with Gasteiger partial charge in [-0.2, -0.15) is 4.31 Å². The van der Waals surface area contributed by atoms with Crippen molar-refractivity contribution in [2.75, 3.05) is 13.1 Å². The molecule has 0 spiro atoms. The second-order valence-corrected chi connectivity index (χ2v) is 10.6. The Hall–Kier alpha value is -3.11. The van der Waals surface area contributed by atoms with E-state index in [2.05, 4.69) is 10.3 Å². The smallest absolute Gasteiger partial charge is 0.251 e. The fourth-order valence-corrected chi connectivity index (χ4v) is 6.26. The van der Waals surface area contributed by atoms with Gasteiger partial charge in [0.15, 0.2) is 5.78 Å². The van der Waals surface area contributed by atoms with Gasteiger partial charge in [-0.3, -0.25) is 19.4 Å². The molecular weight excluding hydrogens is 456 g/mol. The lowest BCUT2D eigenvalue weighted by atomic mass is 10.1. The van der Waals surface area contributed by atoms with E-state index in [0.717, 1.165) is 5.56 Å². The molecule has 2 aliphatic heterocycles. The molecule has 9 nitrogen and oxygen atoms in total. The van der Waals surface area contributed by atoms with Gasteiger partial charge in [0.25, 0.3) is 5.91 Å². The molecule has 0 bridgehead atoms. The van der Waals surface area contributed by atoms with Crippen LogP contribution in [0.4, 0.5) is 0 Å². The van der Waals surface area contributed by atoms with E-state index in [1.54, 1.807) is 12.1 Å². The fourth-order valence-electron chi connectivity index (χ4n) is 4.67. The molecule has 0 radical (unpaired) electrons. The van der Waals surface area contributed by atoms with Crippen LogP contribution in [0.25, 0.3) is 0 Å². The van der Waals surface area contributed by atoms with E-state index in [-0.39, 0.29) is 35.6 Å². The topological polar surface area (TPSA) is 117 Å². The lowest BCUT2D eigenvalue weighted by Gasteiger charge is -2.28. The molecule has 1 aromatic heterocycles. The van der Waals surface area contributed by atoms with Crippen molar-refractivity contribution in [2.24, 2.45) is 0 Å². The molecule has 4 rings (SSSR count). The SMILES string of the molecule is CCCC(NC(=O)c1ccc(C)cc1)C(=O)N1CCC2C1C(=O)CN2S(=O)(=O)c1cccnc1. The summed E-state index contributed by atoms with van der Waals surface area (Å²) in [6.07, 6.45) is 4.15. The number of aryl methyl sites for hydroxylation is 1. The van der Waals surface area contributed by atoms with Crippen LogP contribution in [0.3, 0.4) is 0 Å². The van der Waals surface area contributed by atoms with Crippen molar-refractivity contribution in [3.05, 3.63) is 59.9 Å². The van der Waals surface area contributed by atoms with Gasteiger partial charge in [-0.1, -0.05) is 31.0 Å². The van der Waals surface area contributed by atoms with E-state index < -0.39 is 28.1 Å². The number of amides is 2. The van der Waals surface area contributed by atoms with Crippen molar-refractivity contribution in [1.82, 2.24) is 19.5 Å². The van der Waals surface area contributed by atoms with Gasteiger partial charge in [-0.05, 0) is 44.0 Å². The predicted octanol–water partition coefficient (Wildman–Crippen LogP) is 1.53. The maximum absolute atomic E-state index is 13.5. The van der Waals surface area contributed by atoms with E-state index in [0.29, 0.717) is 24.8 Å². The first-order chi connectivity index (χ1) is 16.2. The third-order valence-corrected chi connectivity index (χ3v) is 8.25. The summed E-state index contributed by atoms with van der Waals surface area (Å²) in [7, 11) is -3.92. The standard InChI is InChI=1S/C24H28N4O5S/c1-3-5-19(26-23(30)17-9-7-16(2)8-10-17)24(31)27-13-11-20-22(27)21(29)15-28(20)34(32,33)18-6-4-12-25-14-18/h4,6-10,12,14,19-20,22H,3,5,11,13,15H2,1-2H3,(H,26,30). The van der Waals surface area contributed by atoms with Gasteiger partial charge in [0.2, 0.25) is 15.9 Å². The third-order valence-electron chi connectivity index (χ3n) is 6.40. The Kier molecular flexibility index (Phi) is 6.81. The largest absolute Gasteiger partial charge is 0.340 e. The van der Waals surface area contributed by atoms with Crippen LogP contribution in [0.1, 0.15) is 42.1 Å². The predicted molar refractivity (Wildman–Crippen MR) is 124 cm³/mol. The second kappa shape index (κ2) is 9.63. The van der Waals surface area contributed by atoms with Crippen molar-refractivity contribution in [2.45, 2.75) is 56.1 Å². The molecule has 3 atom stereocenters. The number of hydrogen-bond acceptors (Lipinski definition) is 6. The molecule has 2 amide bonds. The zero-order valence-corrected chi connectivity index (χ0v) is 20.0. The lowest BCUT2D eigenvalue weighted by molar-refractivity contribution is -0.138. The Balaban J connectivity index is 1.52. The average Bonchev–Trinajstić information content (AvgIpc) is 3.41. The molecule has 0 aliphatic carbocycles. The highest BCUT2D eigenvalue weighted by Crippen LogP contribution is 2.34. The van der Waals surface area contributed by atoms with Crippen molar-refractivity contribution >= 4 is 27.6 Å². The van der Waals surface area contributed by atoms with E-state index in [9.17, 15) is 22.8 Å². The van der Waals surface area contributed by atoms with Gasteiger partial charge in [-0.15, -0.1) is 0 Å². The number of pyridine rings is 1. The number of benzene rings is 1. The number of nitrogens with one attached hydrogen (secondary N) is 1. The number of likely N-dealkylation sites (tertiary alicyclic amines) is 1. The first-order valence-corrected chi connectivity index (χ1v) is 12.8. The lowest BCUT2D eigenvalue weighted by Crippen LogP contribution is -2.52. The summed E-state index contributed by atoms with van der Waals surface area (Å²) < 4.78 is 27.5. The molecule has 10 heteroatoms. The number of carbonyl (C=O) groups is 3. The van der Waals surface area contributed by atoms with Gasteiger partial charge in [-0.25, -0.2) is 8.42 Å². The van der Waals surface area contributed by atoms with Crippen LogP contribution in [-0.4, -0.2) is 71.4 Å². The normalized spacial score (nSPS) is 21.4. The number of rotatable bonds is 7. The van der Waals surface area contributed by atoms with Crippen LogP contribution in [0.15, 0.2) is 53.7 Å². The molecule has 3 unspecified atom stereocenters. The van der Waals surface area contributed by atoms with Crippen LogP contribution in [0, 0.1) is 6.92 Å². The Labute approximate surface area is 199 Å². The highest BCUT2D eigenvalue weighted by molar-refractivity contribution is 7.89. The van der Waals surface area contributed by atoms with Crippen LogP contribution in [-0.2, 0) is 19.6 Å². The minimum atomic E-state index is -3.92. The van der Waals surface area contributed by atoms with Crippen LogP contribution in [0.5, 0.6) is 0 Å². The maximum atomic E-state index is 13.5. The summed E-state index contributed by atoms with van der Waals surface area (Å²) in [6, 6.07) is 7.74. The zero-order valence-electron chi connectivity index (χ0n) is 19.2. The first-order valence-electron chi connectivity index (χ1n) is 11.4. The number of sulfonamides is 1. The fraction of sp³-hybridized carbons (Fsp3) is 0.417. The quantitative estimate of drug-likeness (QED) is 0.637. The average molecular weight is 485 g/mol. The van der Waals surface area contributed by atoms with E-state index in [4.69, 9.17) is 0 Å². The van der Waals surface area contributed by atoms with Gasteiger partial charge < -0.3 is 10.2 Å². The van der Waals surface area contributed by atoms with Gasteiger partial charge in [0.05, 0.1) is 12.6 Å². The first kappa shape index (κ1) is 24.0. The maximum Gasteiger partial charge on any atom is 0.251 e. The molecule has 34 heavy (non-hydrogen) atoms. The molecule has 2 aliphatic rings. The minimum absolute atomic E-state index is 0.0162. The molecule has 1 aromatic carbocycles. The number of Topliss-reactive ketones (excluding diaryl/α,β-unsaturated/α-hetero) is 1. The minimum Gasteiger partial charge on any atom is -0.340 e. The molecular formula is C24H28N4O5S. The summed E-state index contributed by atoms with van der Waals surface area (Å²) in [5.41, 5.74) is 1.47. The third kappa shape index (κ3) is 4.47. The van der Waals surface area contributed by atoms with Crippen LogP contribution < -0.4 is 5.32 Å². The molecule has 2 aromatic rings. The van der Waals surface area contributed by atoms with Crippen molar-refractivity contribution < 1.29 is 22.8 Å². The van der Waals surface area contributed by atoms with E-state index in [1.807, 2.05) is 26.0 Å². The summed E-state index contributed by atoms with van der Waals surface area (Å²) in [5.74, 6) is -1.03. The number of ketones is 1. The number of aromatic nitrogens is 1. The molecule has 0 saturated carbocycles. The summed E-state index contributed by atoms with van der Waals surface area (Å²) >= 11 is 0. The Bertz CT molecular complexity index is 1180. The van der Waals surface area contributed by atoms with E-state index >= 15 is 0 Å². The van der Waals surface area contributed by atoms with Gasteiger partial charge >= 0.3 is 0 Å². The van der Waals surface area contributed by atoms with Gasteiger partial charge in [0, 0.05) is 24.5 Å². The highest BCUT2D eigenvalue weighted by atomic mass is 32.2. The number of fused-ring (bicyclic) bond motifs is 1. The Morgan fingerprint density at radius 3 is 2.59 bits per heavy atom. The number of carbonyl (C=O) groups excluding carboxylic acids is 3. The Morgan fingerprint density at radius 2 is 1.94 bits per heavy atom. The van der Waals surface area contributed by atoms with Crippen molar-refractivity contribution in [3.8, 4) is 0 Å². The van der Waals surface area contributed by atoms with E-state index in [1.165, 1.54) is 33.7 Å². The number of nitrogens with zero attached hydrogens (tertiary/aromatic N) is 3. The Morgan fingerprint density at radius 1 is 1.21 bits per heavy atom. The highest BCUT2D eigenvalue weighted by Gasteiger charge is 2.54. The summed E-state index contributed by atoms with van der Waals surface area (Å²) in [6.45, 7) is 3.80. The summed E-state index contributed by atoms with van der Waals surface area (Å²) in [4.78, 5) is 44.5. The number of hydrogen-bond donors (Lipinski definition) is 1. The van der Waals surface area contributed by atoms with Crippen LogP contribution >= 0.6 is 0 Å². The van der Waals surface area contributed by atoms with Gasteiger partial charge in [0.1, 0.15) is 17.0 Å². The van der Waals surface area contributed by atoms with Crippen molar-refractivity contribution in [3.63, 3.8) is 0 Å². The van der Waals surface area contributed by atoms with Crippen molar-refractivity contribution in [1.29, 1.82) is 0 Å². The zero-order chi connectivity index (χ0) is 24.5. The molecule has 3 heterocycles. The molecule has 2 fully saturated rings. The summed E-state index contributed by atoms with van der Waals surface area (Å²) in [5, 5.41) is 2.81. The molecule has 1 N–H and O–H groups in total.